The lowest BCUT2D eigenvalue weighted by Gasteiger charge is -2.33. The minimum Gasteiger partial charge on any atom is -0.497 e. The number of alkyl halides is 1. The fourth-order valence-electron chi connectivity index (χ4n) is 1.97. The summed E-state index contributed by atoms with van der Waals surface area (Å²) in [6.45, 7) is 0.391. The summed E-state index contributed by atoms with van der Waals surface area (Å²) in [5.41, 5.74) is 0.999. The molecule has 4 nitrogen and oxygen atoms in total. The average molecular weight is 455 g/mol. The number of hydrogen-bond acceptors (Lipinski definition) is 4. The molecular formula is C14H16BrIO4. The molecule has 110 valence electrons. The van der Waals surface area contributed by atoms with E-state index in [0.29, 0.717) is 6.61 Å². The molecule has 4 atom stereocenters. The topological polar surface area (TPSA) is 58.9 Å². The highest BCUT2D eigenvalue weighted by atomic mass is 127. The van der Waals surface area contributed by atoms with Crippen molar-refractivity contribution in [3.05, 3.63) is 39.5 Å². The summed E-state index contributed by atoms with van der Waals surface area (Å²) in [4.78, 5) is -0.415. The van der Waals surface area contributed by atoms with Crippen molar-refractivity contribution in [3.8, 4) is 5.75 Å². The number of ether oxygens (including phenoxy) is 2. The number of benzene rings is 1. The van der Waals surface area contributed by atoms with Crippen molar-refractivity contribution in [1.29, 1.82) is 0 Å². The van der Waals surface area contributed by atoms with Crippen LogP contribution in [-0.4, -0.2) is 40.5 Å². The van der Waals surface area contributed by atoms with Crippen LogP contribution in [0.4, 0.5) is 0 Å². The van der Waals surface area contributed by atoms with E-state index in [0.717, 1.165) is 14.9 Å². The molecule has 0 aliphatic heterocycles. The first kappa shape index (κ1) is 16.2. The Morgan fingerprint density at radius 1 is 1.25 bits per heavy atom. The van der Waals surface area contributed by atoms with E-state index in [1.165, 1.54) is 0 Å². The molecule has 0 radical (unpaired) electrons. The molecular weight excluding hydrogens is 439 g/mol. The Kier molecular flexibility index (Phi) is 5.85. The number of methoxy groups -OCH3 is 1. The van der Waals surface area contributed by atoms with Crippen molar-refractivity contribution in [2.24, 2.45) is 0 Å². The molecule has 0 fully saturated rings. The van der Waals surface area contributed by atoms with E-state index in [-0.39, 0.29) is 0 Å². The maximum absolute atomic E-state index is 10.1. The summed E-state index contributed by atoms with van der Waals surface area (Å²) in [5.74, 6) is 0.796. The summed E-state index contributed by atoms with van der Waals surface area (Å²) >= 11 is 5.38. The van der Waals surface area contributed by atoms with Crippen LogP contribution in [0.2, 0.25) is 0 Å². The Morgan fingerprint density at radius 3 is 2.50 bits per heavy atom. The van der Waals surface area contributed by atoms with Crippen LogP contribution in [0.25, 0.3) is 0 Å². The van der Waals surface area contributed by atoms with Crippen LogP contribution in [0.15, 0.2) is 33.9 Å². The lowest BCUT2D eigenvalue weighted by Crippen LogP contribution is -2.45. The summed E-state index contributed by atoms with van der Waals surface area (Å²) in [7, 11) is 1.62. The number of rotatable bonds is 4. The third-order valence-electron chi connectivity index (χ3n) is 3.15. The minimum absolute atomic E-state index is 0.391. The first-order valence-electron chi connectivity index (χ1n) is 6.15. The third-order valence-corrected chi connectivity index (χ3v) is 5.21. The normalized spacial score (nSPS) is 29.9. The molecule has 0 unspecified atom stereocenters. The van der Waals surface area contributed by atoms with Gasteiger partial charge in [0.15, 0.2) is 0 Å². The standard InChI is InChI=1S/C14H16BrIO4/c1-19-9-4-2-8(3-5-9)7-20-14-10(16)6-11(17)12(15)13(14)18/h2-6,11-14,17-18H,7H2,1H3/t11-,12+,13-,14+/m0/s1. The predicted octanol–water partition coefficient (Wildman–Crippen LogP) is 2.40. The van der Waals surface area contributed by atoms with Crippen LogP contribution in [-0.2, 0) is 11.3 Å². The van der Waals surface area contributed by atoms with Crippen LogP contribution in [0.3, 0.4) is 0 Å². The maximum Gasteiger partial charge on any atom is 0.118 e. The van der Waals surface area contributed by atoms with Gasteiger partial charge in [-0.2, -0.15) is 0 Å². The van der Waals surface area contributed by atoms with Gasteiger partial charge < -0.3 is 19.7 Å². The Balaban J connectivity index is 2.00. The molecule has 0 amide bonds. The second-order valence-corrected chi connectivity index (χ2v) is 6.86. The Morgan fingerprint density at radius 2 is 1.90 bits per heavy atom. The van der Waals surface area contributed by atoms with Crippen LogP contribution >= 0.6 is 38.5 Å². The summed E-state index contributed by atoms with van der Waals surface area (Å²) in [5, 5.41) is 19.9. The van der Waals surface area contributed by atoms with Gasteiger partial charge in [-0.1, -0.05) is 28.1 Å². The highest BCUT2D eigenvalue weighted by molar-refractivity contribution is 14.1. The van der Waals surface area contributed by atoms with Crippen LogP contribution in [0.1, 0.15) is 5.56 Å². The van der Waals surface area contributed by atoms with Crippen molar-refractivity contribution in [1.82, 2.24) is 0 Å². The van der Waals surface area contributed by atoms with E-state index in [9.17, 15) is 10.2 Å². The van der Waals surface area contributed by atoms with Crippen molar-refractivity contribution in [2.75, 3.05) is 7.11 Å². The highest BCUT2D eigenvalue weighted by Crippen LogP contribution is 2.31. The first-order chi connectivity index (χ1) is 9.52. The van der Waals surface area contributed by atoms with Crippen LogP contribution < -0.4 is 4.74 Å². The summed E-state index contributed by atoms with van der Waals surface area (Å²) in [6, 6.07) is 7.58. The van der Waals surface area contributed by atoms with Gasteiger partial charge in [0.05, 0.1) is 24.6 Å². The van der Waals surface area contributed by atoms with Crippen LogP contribution in [0.5, 0.6) is 5.75 Å². The van der Waals surface area contributed by atoms with Crippen molar-refractivity contribution >= 4 is 38.5 Å². The average Bonchev–Trinajstić information content (AvgIpc) is 2.45. The van der Waals surface area contributed by atoms with Crippen LogP contribution in [0, 0.1) is 0 Å². The number of halogens is 2. The molecule has 1 aliphatic rings. The van der Waals surface area contributed by atoms with Gasteiger partial charge in [0, 0.05) is 3.58 Å². The zero-order valence-electron chi connectivity index (χ0n) is 10.9. The quantitative estimate of drug-likeness (QED) is 0.541. The van der Waals surface area contributed by atoms with Gasteiger partial charge in [-0.05, 0) is 46.4 Å². The smallest absolute Gasteiger partial charge is 0.118 e. The second-order valence-electron chi connectivity index (χ2n) is 4.56. The van der Waals surface area contributed by atoms with Gasteiger partial charge in [0.25, 0.3) is 0 Å². The van der Waals surface area contributed by atoms with Gasteiger partial charge in [-0.15, -0.1) is 0 Å². The van der Waals surface area contributed by atoms with E-state index >= 15 is 0 Å². The zero-order chi connectivity index (χ0) is 14.7. The highest BCUT2D eigenvalue weighted by Gasteiger charge is 2.37. The lowest BCUT2D eigenvalue weighted by atomic mass is 9.99. The minimum atomic E-state index is -0.778. The van der Waals surface area contributed by atoms with Gasteiger partial charge in [0.1, 0.15) is 18.0 Å². The predicted molar refractivity (Wildman–Crippen MR) is 88.4 cm³/mol. The summed E-state index contributed by atoms with van der Waals surface area (Å²) in [6.07, 6.45) is -0.200. The Hall–Kier alpha value is -0.150. The molecule has 1 aromatic rings. The number of hydrogen-bond donors (Lipinski definition) is 2. The zero-order valence-corrected chi connectivity index (χ0v) is 14.6. The molecule has 0 spiro atoms. The molecule has 1 aromatic carbocycles. The van der Waals surface area contributed by atoms with Gasteiger partial charge in [0.2, 0.25) is 0 Å². The van der Waals surface area contributed by atoms with Crippen molar-refractivity contribution < 1.29 is 19.7 Å². The molecule has 20 heavy (non-hydrogen) atoms. The molecule has 2 rings (SSSR count). The number of aliphatic hydroxyl groups is 2. The van der Waals surface area contributed by atoms with Gasteiger partial charge >= 0.3 is 0 Å². The molecule has 0 bridgehead atoms. The third kappa shape index (κ3) is 3.73. The second kappa shape index (κ2) is 7.22. The Labute approximate surface area is 140 Å². The molecule has 6 heteroatoms. The monoisotopic (exact) mass is 454 g/mol. The largest absolute Gasteiger partial charge is 0.497 e. The molecule has 0 heterocycles. The molecule has 0 aromatic heterocycles. The fraction of sp³-hybridized carbons (Fsp3) is 0.429. The van der Waals surface area contributed by atoms with E-state index in [1.807, 2.05) is 24.3 Å². The fourth-order valence-corrected chi connectivity index (χ4v) is 3.31. The first-order valence-corrected chi connectivity index (χ1v) is 8.14. The van der Waals surface area contributed by atoms with E-state index in [4.69, 9.17) is 9.47 Å². The van der Waals surface area contributed by atoms with E-state index < -0.39 is 23.1 Å². The Bertz CT molecular complexity index is 477. The van der Waals surface area contributed by atoms with Crippen molar-refractivity contribution in [3.63, 3.8) is 0 Å². The van der Waals surface area contributed by atoms with E-state index in [1.54, 1.807) is 13.2 Å². The lowest BCUT2D eigenvalue weighted by molar-refractivity contribution is -0.0367. The molecule has 2 N–H and O–H groups in total. The van der Waals surface area contributed by atoms with Crippen molar-refractivity contribution in [2.45, 2.75) is 29.7 Å². The molecule has 1 aliphatic carbocycles. The molecule has 0 saturated heterocycles. The van der Waals surface area contributed by atoms with E-state index in [2.05, 4.69) is 38.5 Å². The maximum atomic E-state index is 10.1. The number of aliphatic hydroxyl groups excluding tert-OH is 2. The van der Waals surface area contributed by atoms with Gasteiger partial charge in [-0.25, -0.2) is 0 Å². The summed E-state index contributed by atoms with van der Waals surface area (Å²) < 4.78 is 11.7. The SMILES string of the molecule is COc1ccc(CO[C@@H]2C(I)=C[C@H](O)[C@@H](Br)[C@@H]2O)cc1. The van der Waals surface area contributed by atoms with Gasteiger partial charge in [-0.3, -0.25) is 0 Å². The molecule has 0 saturated carbocycles.